The maximum absolute atomic E-state index is 11.9. The SMILES string of the molecule is Cc1ccccc1N1CCN(c2cc(Cl)nc(SCC(=O)NC(C)C)n2)CC1. The van der Waals surface area contributed by atoms with Crippen LogP contribution in [0.5, 0.6) is 0 Å². The van der Waals surface area contributed by atoms with Crippen molar-refractivity contribution < 1.29 is 4.79 Å². The number of para-hydroxylation sites is 1. The minimum absolute atomic E-state index is 0.0306. The number of halogens is 1. The van der Waals surface area contributed by atoms with Gasteiger partial charge in [0.2, 0.25) is 5.91 Å². The Morgan fingerprint density at radius 1 is 1.18 bits per heavy atom. The van der Waals surface area contributed by atoms with Gasteiger partial charge in [0.1, 0.15) is 11.0 Å². The molecule has 0 aliphatic carbocycles. The van der Waals surface area contributed by atoms with E-state index in [1.54, 1.807) is 6.07 Å². The van der Waals surface area contributed by atoms with Crippen LogP contribution in [0.2, 0.25) is 5.15 Å². The summed E-state index contributed by atoms with van der Waals surface area (Å²) in [6, 6.07) is 10.4. The molecular formula is C20H26ClN5OS. The second-order valence-electron chi connectivity index (χ2n) is 7.10. The smallest absolute Gasteiger partial charge is 0.230 e. The Bertz CT molecular complexity index is 824. The van der Waals surface area contributed by atoms with Crippen LogP contribution in [0.25, 0.3) is 0 Å². The molecule has 0 spiro atoms. The molecule has 1 aromatic carbocycles. The molecular weight excluding hydrogens is 394 g/mol. The Hall–Kier alpha value is -1.99. The lowest BCUT2D eigenvalue weighted by Crippen LogP contribution is -2.47. The van der Waals surface area contributed by atoms with Gasteiger partial charge in [-0.15, -0.1) is 0 Å². The van der Waals surface area contributed by atoms with Crippen molar-refractivity contribution in [3.8, 4) is 0 Å². The molecule has 28 heavy (non-hydrogen) atoms. The summed E-state index contributed by atoms with van der Waals surface area (Å²) in [5.41, 5.74) is 2.58. The van der Waals surface area contributed by atoms with Crippen LogP contribution in [-0.2, 0) is 4.79 Å². The predicted molar refractivity (Wildman–Crippen MR) is 117 cm³/mol. The van der Waals surface area contributed by atoms with Crippen LogP contribution in [-0.4, -0.2) is 53.8 Å². The van der Waals surface area contributed by atoms with Gasteiger partial charge in [0.05, 0.1) is 5.75 Å². The molecule has 1 aliphatic rings. The summed E-state index contributed by atoms with van der Waals surface area (Å²) in [4.78, 5) is 25.4. The van der Waals surface area contributed by atoms with E-state index in [2.05, 4.69) is 56.3 Å². The molecule has 6 nitrogen and oxygen atoms in total. The predicted octanol–water partition coefficient (Wildman–Crippen LogP) is 3.38. The monoisotopic (exact) mass is 419 g/mol. The van der Waals surface area contributed by atoms with Gasteiger partial charge in [-0.1, -0.05) is 41.6 Å². The second-order valence-corrected chi connectivity index (χ2v) is 8.43. The van der Waals surface area contributed by atoms with Gasteiger partial charge in [0, 0.05) is 44.0 Å². The van der Waals surface area contributed by atoms with Crippen LogP contribution >= 0.6 is 23.4 Å². The van der Waals surface area contributed by atoms with Gasteiger partial charge in [0.15, 0.2) is 5.16 Å². The summed E-state index contributed by atoms with van der Waals surface area (Å²) in [5, 5.41) is 3.80. The lowest BCUT2D eigenvalue weighted by molar-refractivity contribution is -0.119. The minimum Gasteiger partial charge on any atom is -0.368 e. The minimum atomic E-state index is -0.0306. The number of aryl methyl sites for hydroxylation is 1. The van der Waals surface area contributed by atoms with Crippen molar-refractivity contribution in [1.29, 1.82) is 0 Å². The van der Waals surface area contributed by atoms with Gasteiger partial charge >= 0.3 is 0 Å². The molecule has 0 unspecified atom stereocenters. The van der Waals surface area contributed by atoms with E-state index < -0.39 is 0 Å². The van der Waals surface area contributed by atoms with E-state index >= 15 is 0 Å². The van der Waals surface area contributed by atoms with Gasteiger partial charge in [-0.3, -0.25) is 4.79 Å². The number of aromatic nitrogens is 2. The molecule has 1 fully saturated rings. The first-order chi connectivity index (χ1) is 13.4. The van der Waals surface area contributed by atoms with Gasteiger partial charge in [-0.05, 0) is 32.4 Å². The summed E-state index contributed by atoms with van der Waals surface area (Å²) in [6.07, 6.45) is 0. The summed E-state index contributed by atoms with van der Waals surface area (Å²) in [7, 11) is 0. The topological polar surface area (TPSA) is 61.4 Å². The third-order valence-electron chi connectivity index (χ3n) is 4.50. The molecule has 1 N–H and O–H groups in total. The number of anilines is 2. The van der Waals surface area contributed by atoms with Crippen LogP contribution in [0, 0.1) is 6.92 Å². The van der Waals surface area contributed by atoms with Crippen LogP contribution < -0.4 is 15.1 Å². The first kappa shape index (κ1) is 20.7. The number of amides is 1. The second kappa shape index (κ2) is 9.47. The quantitative estimate of drug-likeness (QED) is 0.440. The zero-order valence-corrected chi connectivity index (χ0v) is 18.1. The standard InChI is InChI=1S/C20H26ClN5OS/c1-14(2)22-19(27)13-28-20-23-17(21)12-18(24-20)26-10-8-25(9-11-26)16-7-5-4-6-15(16)3/h4-7,12,14H,8-11,13H2,1-3H3,(H,22,27). The maximum Gasteiger partial charge on any atom is 0.230 e. The van der Waals surface area contributed by atoms with Gasteiger partial charge in [0.25, 0.3) is 0 Å². The highest BCUT2D eigenvalue weighted by Crippen LogP contribution is 2.25. The van der Waals surface area contributed by atoms with Crippen LogP contribution in [0.1, 0.15) is 19.4 Å². The van der Waals surface area contributed by atoms with E-state index in [1.165, 1.54) is 23.0 Å². The summed E-state index contributed by atoms with van der Waals surface area (Å²) < 4.78 is 0. The van der Waals surface area contributed by atoms with Crippen LogP contribution in [0.15, 0.2) is 35.5 Å². The van der Waals surface area contributed by atoms with Gasteiger partial charge in [-0.25, -0.2) is 9.97 Å². The number of nitrogens with one attached hydrogen (secondary N) is 1. The highest BCUT2D eigenvalue weighted by Gasteiger charge is 2.20. The number of thioether (sulfide) groups is 1. The molecule has 0 saturated carbocycles. The Labute approximate surface area is 175 Å². The molecule has 0 bridgehead atoms. The van der Waals surface area contributed by atoms with Crippen molar-refractivity contribution in [3.05, 3.63) is 41.0 Å². The van der Waals surface area contributed by atoms with E-state index in [4.69, 9.17) is 11.6 Å². The molecule has 1 amide bonds. The Balaban J connectivity index is 1.62. The van der Waals surface area contributed by atoms with E-state index in [0.29, 0.717) is 10.3 Å². The number of nitrogens with zero attached hydrogens (tertiary/aromatic N) is 4. The van der Waals surface area contributed by atoms with E-state index in [1.807, 2.05) is 13.8 Å². The fourth-order valence-corrected chi connectivity index (χ4v) is 4.09. The number of carbonyl (C=O) groups is 1. The van der Waals surface area contributed by atoms with Gasteiger partial charge in [-0.2, -0.15) is 0 Å². The van der Waals surface area contributed by atoms with Crippen molar-refractivity contribution in [2.24, 2.45) is 0 Å². The lowest BCUT2D eigenvalue weighted by atomic mass is 10.1. The molecule has 0 radical (unpaired) electrons. The van der Waals surface area contributed by atoms with Gasteiger partial charge < -0.3 is 15.1 Å². The van der Waals surface area contributed by atoms with E-state index in [-0.39, 0.29) is 17.7 Å². The molecule has 150 valence electrons. The van der Waals surface area contributed by atoms with Crippen LogP contribution in [0.3, 0.4) is 0 Å². The normalized spacial score (nSPS) is 14.5. The molecule has 1 aromatic heterocycles. The highest BCUT2D eigenvalue weighted by molar-refractivity contribution is 7.99. The van der Waals surface area contributed by atoms with Crippen LogP contribution in [0.4, 0.5) is 11.5 Å². The van der Waals surface area contributed by atoms with Crippen molar-refractivity contribution in [2.45, 2.75) is 32.0 Å². The molecule has 1 aliphatic heterocycles. The number of rotatable bonds is 6. The Morgan fingerprint density at radius 3 is 2.54 bits per heavy atom. The molecule has 3 rings (SSSR count). The number of benzene rings is 1. The first-order valence-electron chi connectivity index (χ1n) is 9.44. The molecule has 1 saturated heterocycles. The number of carbonyl (C=O) groups excluding carboxylic acids is 1. The Morgan fingerprint density at radius 2 is 1.86 bits per heavy atom. The molecule has 8 heteroatoms. The molecule has 2 aromatic rings. The number of hydrogen-bond donors (Lipinski definition) is 1. The first-order valence-corrected chi connectivity index (χ1v) is 10.8. The fraction of sp³-hybridized carbons (Fsp3) is 0.450. The summed E-state index contributed by atoms with van der Waals surface area (Å²) in [6.45, 7) is 9.59. The summed E-state index contributed by atoms with van der Waals surface area (Å²) >= 11 is 7.52. The molecule has 0 atom stereocenters. The third kappa shape index (κ3) is 5.52. The Kier molecular flexibility index (Phi) is 7.02. The zero-order chi connectivity index (χ0) is 20.1. The van der Waals surface area contributed by atoms with Crippen molar-refractivity contribution in [1.82, 2.24) is 15.3 Å². The maximum atomic E-state index is 11.9. The van der Waals surface area contributed by atoms with Crippen molar-refractivity contribution in [3.63, 3.8) is 0 Å². The molecule has 2 heterocycles. The van der Waals surface area contributed by atoms with E-state index in [9.17, 15) is 4.79 Å². The fourth-order valence-electron chi connectivity index (χ4n) is 3.20. The average Bonchev–Trinajstić information content (AvgIpc) is 2.66. The van der Waals surface area contributed by atoms with E-state index in [0.717, 1.165) is 32.0 Å². The third-order valence-corrected chi connectivity index (χ3v) is 5.54. The largest absolute Gasteiger partial charge is 0.368 e. The highest BCUT2D eigenvalue weighted by atomic mass is 35.5. The van der Waals surface area contributed by atoms with Crippen molar-refractivity contribution in [2.75, 3.05) is 41.7 Å². The zero-order valence-electron chi connectivity index (χ0n) is 16.5. The number of hydrogen-bond acceptors (Lipinski definition) is 6. The average molecular weight is 420 g/mol. The lowest BCUT2D eigenvalue weighted by Gasteiger charge is -2.37. The summed E-state index contributed by atoms with van der Waals surface area (Å²) in [5.74, 6) is 1.06. The van der Waals surface area contributed by atoms with Crippen molar-refractivity contribution >= 4 is 40.8 Å². The number of piperazine rings is 1.